The Morgan fingerprint density at radius 1 is 1.06 bits per heavy atom. The molecule has 0 radical (unpaired) electrons. The number of hydrogen-bond acceptors (Lipinski definition) is 3. The Hall–Kier alpha value is -3.18. The van der Waals surface area contributed by atoms with Gasteiger partial charge in [-0.15, -0.1) is 0 Å². The van der Waals surface area contributed by atoms with Crippen molar-refractivity contribution in [3.8, 4) is 0 Å². The number of carbonyl (C=O) groups is 2. The van der Waals surface area contributed by atoms with E-state index in [-0.39, 0.29) is 17.9 Å². The number of benzene rings is 3. The summed E-state index contributed by atoms with van der Waals surface area (Å²) in [5.74, 6) is 0.382. The van der Waals surface area contributed by atoms with Crippen molar-refractivity contribution >= 4 is 22.6 Å². The molecular weight excluding hydrogens is 398 g/mol. The number of amides is 2. The molecule has 3 aromatic carbocycles. The van der Waals surface area contributed by atoms with Crippen LogP contribution in [-0.4, -0.2) is 48.9 Å². The van der Waals surface area contributed by atoms with Crippen LogP contribution in [0.5, 0.6) is 0 Å². The van der Waals surface area contributed by atoms with E-state index in [1.807, 2.05) is 53.4 Å². The summed E-state index contributed by atoms with van der Waals surface area (Å²) in [6.07, 6.45) is 1.81. The molecule has 5 nitrogen and oxygen atoms in total. The van der Waals surface area contributed by atoms with Gasteiger partial charge >= 0.3 is 0 Å². The number of fused-ring (bicyclic) bond motifs is 1. The van der Waals surface area contributed by atoms with Gasteiger partial charge in [-0.05, 0) is 41.3 Å². The zero-order valence-corrected chi connectivity index (χ0v) is 18.6. The highest BCUT2D eigenvalue weighted by atomic mass is 16.2. The molecule has 1 saturated heterocycles. The van der Waals surface area contributed by atoms with Crippen LogP contribution in [0.2, 0.25) is 0 Å². The van der Waals surface area contributed by atoms with E-state index in [2.05, 4.69) is 41.8 Å². The van der Waals surface area contributed by atoms with Crippen LogP contribution in [0.25, 0.3) is 10.8 Å². The van der Waals surface area contributed by atoms with Crippen LogP contribution in [0.4, 0.5) is 0 Å². The highest BCUT2D eigenvalue weighted by Crippen LogP contribution is 2.21. The van der Waals surface area contributed by atoms with E-state index in [4.69, 9.17) is 0 Å². The lowest BCUT2D eigenvalue weighted by molar-refractivity contribution is -0.129. The molecule has 1 aliphatic rings. The second-order valence-electron chi connectivity index (χ2n) is 8.49. The number of hydrogen-bond donors (Lipinski definition) is 2. The first-order valence-corrected chi connectivity index (χ1v) is 11.5. The lowest BCUT2D eigenvalue weighted by Gasteiger charge is -2.26. The van der Waals surface area contributed by atoms with E-state index in [0.717, 1.165) is 30.2 Å². The van der Waals surface area contributed by atoms with E-state index < -0.39 is 0 Å². The SMILES string of the molecule is CCC(CN1CC[C@@H](CNC(=O)c2ccc3ccccc3c2)NCC1=O)c1ccccc1. The largest absolute Gasteiger partial charge is 0.350 e. The fourth-order valence-electron chi connectivity index (χ4n) is 4.36. The lowest BCUT2D eigenvalue weighted by atomic mass is 9.96. The van der Waals surface area contributed by atoms with Gasteiger partial charge in [-0.25, -0.2) is 0 Å². The Bertz CT molecular complexity index is 1070. The minimum atomic E-state index is -0.0832. The summed E-state index contributed by atoms with van der Waals surface area (Å²) in [6.45, 7) is 4.41. The number of nitrogens with one attached hydrogen (secondary N) is 2. The average molecular weight is 430 g/mol. The summed E-state index contributed by atoms with van der Waals surface area (Å²) in [5, 5.41) is 8.53. The molecule has 0 aliphatic carbocycles. The summed E-state index contributed by atoms with van der Waals surface area (Å²) < 4.78 is 0. The second-order valence-corrected chi connectivity index (χ2v) is 8.49. The average Bonchev–Trinajstić information content (AvgIpc) is 3.02. The zero-order chi connectivity index (χ0) is 22.3. The van der Waals surface area contributed by atoms with Crippen LogP contribution in [0.15, 0.2) is 72.8 Å². The predicted molar refractivity (Wildman–Crippen MR) is 129 cm³/mol. The van der Waals surface area contributed by atoms with E-state index in [9.17, 15) is 9.59 Å². The molecule has 0 bridgehead atoms. The van der Waals surface area contributed by atoms with Crippen LogP contribution < -0.4 is 10.6 Å². The quantitative estimate of drug-likeness (QED) is 0.598. The van der Waals surface area contributed by atoms with Gasteiger partial charge in [-0.3, -0.25) is 9.59 Å². The zero-order valence-electron chi connectivity index (χ0n) is 18.6. The maximum absolute atomic E-state index is 12.7. The predicted octanol–water partition coefficient (Wildman–Crippen LogP) is 3.95. The third-order valence-corrected chi connectivity index (χ3v) is 6.37. The molecule has 1 heterocycles. The van der Waals surface area contributed by atoms with Gasteiger partial charge in [0.05, 0.1) is 6.54 Å². The number of carbonyl (C=O) groups excluding carboxylic acids is 2. The van der Waals surface area contributed by atoms with E-state index >= 15 is 0 Å². The molecule has 1 unspecified atom stereocenters. The van der Waals surface area contributed by atoms with E-state index in [0.29, 0.717) is 31.1 Å². The molecule has 0 spiro atoms. The van der Waals surface area contributed by atoms with Crippen molar-refractivity contribution in [2.24, 2.45) is 0 Å². The van der Waals surface area contributed by atoms with Crippen molar-refractivity contribution < 1.29 is 9.59 Å². The molecule has 4 rings (SSSR count). The first kappa shape index (κ1) is 22.0. The number of rotatable bonds is 7. The van der Waals surface area contributed by atoms with Crippen molar-refractivity contribution in [3.63, 3.8) is 0 Å². The fourth-order valence-corrected chi connectivity index (χ4v) is 4.36. The van der Waals surface area contributed by atoms with Gasteiger partial charge in [-0.1, -0.05) is 67.6 Å². The van der Waals surface area contributed by atoms with Gasteiger partial charge in [0.25, 0.3) is 5.91 Å². The molecular formula is C27H31N3O2. The smallest absolute Gasteiger partial charge is 0.251 e. The summed E-state index contributed by atoms with van der Waals surface area (Å²) in [7, 11) is 0. The molecule has 2 atom stereocenters. The summed E-state index contributed by atoms with van der Waals surface area (Å²) in [6, 6.07) is 24.3. The van der Waals surface area contributed by atoms with Crippen molar-refractivity contribution in [2.75, 3.05) is 26.2 Å². The molecule has 2 amide bonds. The molecule has 3 aromatic rings. The van der Waals surface area contributed by atoms with Crippen molar-refractivity contribution in [3.05, 3.63) is 83.9 Å². The Kier molecular flexibility index (Phi) is 7.17. The molecule has 5 heteroatoms. The van der Waals surface area contributed by atoms with Gasteiger partial charge in [0.1, 0.15) is 0 Å². The molecule has 1 aliphatic heterocycles. The monoisotopic (exact) mass is 429 g/mol. The van der Waals surface area contributed by atoms with E-state index in [1.165, 1.54) is 5.56 Å². The Balaban J connectivity index is 1.32. The second kappa shape index (κ2) is 10.4. The third kappa shape index (κ3) is 5.35. The minimum absolute atomic E-state index is 0.0742. The van der Waals surface area contributed by atoms with Crippen molar-refractivity contribution in [1.82, 2.24) is 15.5 Å². The Morgan fingerprint density at radius 2 is 1.81 bits per heavy atom. The topological polar surface area (TPSA) is 61.4 Å². The van der Waals surface area contributed by atoms with Crippen LogP contribution in [0.1, 0.15) is 41.6 Å². The Morgan fingerprint density at radius 3 is 2.59 bits per heavy atom. The fraction of sp³-hybridized carbons (Fsp3) is 0.333. The molecule has 166 valence electrons. The summed E-state index contributed by atoms with van der Waals surface area (Å²) >= 11 is 0. The van der Waals surface area contributed by atoms with Gasteiger partial charge in [0, 0.05) is 37.2 Å². The maximum atomic E-state index is 12.7. The van der Waals surface area contributed by atoms with Gasteiger partial charge in [0.2, 0.25) is 5.91 Å². The third-order valence-electron chi connectivity index (χ3n) is 6.37. The molecule has 2 N–H and O–H groups in total. The molecule has 1 fully saturated rings. The highest BCUT2D eigenvalue weighted by molar-refractivity contribution is 5.98. The standard InChI is InChI=1S/C27H31N3O2/c1-2-20(21-8-4-3-5-9-21)19-30-15-14-25(28-18-26(30)31)17-29-27(32)24-13-12-22-10-6-7-11-23(22)16-24/h3-13,16,20,25,28H,2,14-15,17-19H2,1H3,(H,29,32)/t20?,25-/m0/s1. The first-order valence-electron chi connectivity index (χ1n) is 11.5. The van der Waals surface area contributed by atoms with Crippen molar-refractivity contribution in [2.45, 2.75) is 31.7 Å². The van der Waals surface area contributed by atoms with E-state index in [1.54, 1.807) is 0 Å². The summed E-state index contributed by atoms with van der Waals surface area (Å²) in [5.41, 5.74) is 1.93. The highest BCUT2D eigenvalue weighted by Gasteiger charge is 2.24. The lowest BCUT2D eigenvalue weighted by Crippen LogP contribution is -2.42. The van der Waals surface area contributed by atoms with Crippen LogP contribution in [-0.2, 0) is 4.79 Å². The van der Waals surface area contributed by atoms with Crippen molar-refractivity contribution in [1.29, 1.82) is 0 Å². The van der Waals surface area contributed by atoms with Gasteiger partial charge in [0.15, 0.2) is 0 Å². The molecule has 32 heavy (non-hydrogen) atoms. The molecule has 0 saturated carbocycles. The summed E-state index contributed by atoms with van der Waals surface area (Å²) in [4.78, 5) is 27.3. The Labute approximate surface area is 189 Å². The van der Waals surface area contributed by atoms with Crippen LogP contribution in [0.3, 0.4) is 0 Å². The van der Waals surface area contributed by atoms with Crippen LogP contribution in [0, 0.1) is 0 Å². The maximum Gasteiger partial charge on any atom is 0.251 e. The minimum Gasteiger partial charge on any atom is -0.350 e. The van der Waals surface area contributed by atoms with Gasteiger partial charge in [-0.2, -0.15) is 0 Å². The molecule has 0 aromatic heterocycles. The first-order chi connectivity index (χ1) is 15.6. The number of nitrogens with zero attached hydrogens (tertiary/aromatic N) is 1. The normalized spacial score (nSPS) is 17.7. The van der Waals surface area contributed by atoms with Crippen LogP contribution >= 0.6 is 0 Å². The van der Waals surface area contributed by atoms with Gasteiger partial charge < -0.3 is 15.5 Å².